The molecular weight excluding hydrogens is 791 g/mol. The molecule has 0 fully saturated rings. The SMILES string of the molecule is N[C@@H](CSC(CC(=O)NCC(=O)NCCCCCCn1nc(-c2ccc(NC(=O)N3Cc4ccncc4C3)cc2)cc(-c2cccc3ncccc23)c1=O)C(=O)O)C(=O)O. The molecule has 2 aromatic carbocycles. The van der Waals surface area contributed by atoms with Crippen LogP contribution in [-0.4, -0.2) is 94.8 Å². The van der Waals surface area contributed by atoms with Gasteiger partial charge in [0.2, 0.25) is 11.8 Å². The molecule has 17 nitrogen and oxygen atoms in total. The molecule has 1 aliphatic heterocycles. The van der Waals surface area contributed by atoms with Crippen molar-refractivity contribution in [2.75, 3.05) is 24.2 Å². The van der Waals surface area contributed by atoms with Gasteiger partial charge in [0.1, 0.15) is 11.3 Å². The van der Waals surface area contributed by atoms with Gasteiger partial charge in [0, 0.05) is 73.6 Å². The first-order chi connectivity index (χ1) is 29.0. The number of pyridine rings is 2. The Hall–Kier alpha value is -6.66. The topological polar surface area (TPSA) is 252 Å². The van der Waals surface area contributed by atoms with E-state index < -0.39 is 41.5 Å². The van der Waals surface area contributed by atoms with E-state index in [1.54, 1.807) is 41.7 Å². The molecule has 60 heavy (non-hydrogen) atoms. The summed E-state index contributed by atoms with van der Waals surface area (Å²) in [7, 11) is 0. The zero-order chi connectivity index (χ0) is 42.6. The van der Waals surface area contributed by atoms with Crippen molar-refractivity contribution >= 4 is 58.1 Å². The van der Waals surface area contributed by atoms with E-state index in [0.717, 1.165) is 57.8 Å². The first-order valence-corrected chi connectivity index (χ1v) is 20.4. The number of rotatable bonds is 19. The molecule has 18 heteroatoms. The highest BCUT2D eigenvalue weighted by Crippen LogP contribution is 2.29. The maximum Gasteiger partial charge on any atom is 0.322 e. The molecule has 0 aliphatic carbocycles. The van der Waals surface area contributed by atoms with Crippen molar-refractivity contribution in [2.24, 2.45) is 5.73 Å². The summed E-state index contributed by atoms with van der Waals surface area (Å²) in [6, 6.07) is 19.0. The fraction of sp³-hybridized carbons (Fsp3) is 0.310. The molecule has 3 aromatic heterocycles. The quantitative estimate of drug-likeness (QED) is 0.0648. The van der Waals surface area contributed by atoms with Gasteiger partial charge in [-0.2, -0.15) is 5.10 Å². The number of fused-ring (bicyclic) bond motifs is 2. The van der Waals surface area contributed by atoms with E-state index in [1.807, 2.05) is 48.5 Å². The standard InChI is InChI=1S/C42H45N9O8S/c43-33(40(55)56)25-60-36(41(57)58)20-37(52)47-22-38(53)46-15-3-1-2-4-18-51-39(54)32(30-7-5-9-34-31(30)8-6-16-45-34)19-35(49-51)26-10-12-29(13-11-26)48-42(59)50-23-27-14-17-44-21-28(27)24-50/h5-14,16-17,19,21,33,36H,1-4,15,18,20,22-25,43H2,(H,46,53)(H,47,52)(H,48,59)(H,55,56)(H,57,58)/t33-,36?/m0/s1. The molecule has 0 saturated carbocycles. The van der Waals surface area contributed by atoms with E-state index in [4.69, 9.17) is 15.9 Å². The zero-order valence-electron chi connectivity index (χ0n) is 32.6. The van der Waals surface area contributed by atoms with E-state index in [0.29, 0.717) is 56.0 Å². The second kappa shape index (κ2) is 20.3. The molecule has 0 radical (unpaired) electrons. The largest absolute Gasteiger partial charge is 0.480 e. The number of unbranched alkanes of at least 4 members (excludes halogenated alkanes) is 3. The number of aliphatic carboxylic acids is 2. The summed E-state index contributed by atoms with van der Waals surface area (Å²) in [5.41, 5.74) is 11.2. The van der Waals surface area contributed by atoms with Gasteiger partial charge in [0.15, 0.2) is 0 Å². The molecular formula is C42H45N9O8S. The number of amides is 4. The Bertz CT molecular complexity index is 2400. The molecule has 7 N–H and O–H groups in total. The smallest absolute Gasteiger partial charge is 0.322 e. The van der Waals surface area contributed by atoms with E-state index >= 15 is 0 Å². The van der Waals surface area contributed by atoms with Crippen molar-refractivity contribution in [3.05, 3.63) is 107 Å². The van der Waals surface area contributed by atoms with Crippen molar-refractivity contribution in [3.63, 3.8) is 0 Å². The highest BCUT2D eigenvalue weighted by atomic mass is 32.2. The number of hydrogen-bond acceptors (Lipinski definition) is 11. The normalized spacial score (nSPS) is 13.0. The third kappa shape index (κ3) is 11.3. The predicted octanol–water partition coefficient (Wildman–Crippen LogP) is 3.85. The molecule has 1 unspecified atom stereocenters. The Morgan fingerprint density at radius 3 is 2.38 bits per heavy atom. The predicted molar refractivity (Wildman–Crippen MR) is 226 cm³/mol. The molecule has 4 amide bonds. The first kappa shape index (κ1) is 42.9. The van der Waals surface area contributed by atoms with E-state index in [9.17, 15) is 33.9 Å². The third-order valence-corrected chi connectivity index (χ3v) is 11.2. The van der Waals surface area contributed by atoms with Crippen molar-refractivity contribution in [1.82, 2.24) is 35.3 Å². The van der Waals surface area contributed by atoms with Crippen LogP contribution in [0.4, 0.5) is 10.5 Å². The minimum absolute atomic E-state index is 0.184. The number of thioether (sulfide) groups is 1. The zero-order valence-corrected chi connectivity index (χ0v) is 33.4. The van der Waals surface area contributed by atoms with Gasteiger partial charge in [0.05, 0.1) is 23.3 Å². The average molecular weight is 836 g/mol. The van der Waals surface area contributed by atoms with Gasteiger partial charge in [-0.15, -0.1) is 11.8 Å². The summed E-state index contributed by atoms with van der Waals surface area (Å²) in [4.78, 5) is 84.3. The van der Waals surface area contributed by atoms with Gasteiger partial charge in [-0.1, -0.05) is 43.2 Å². The first-order valence-electron chi connectivity index (χ1n) is 19.4. The number of nitrogens with zero attached hydrogens (tertiary/aromatic N) is 5. The Kier molecular flexibility index (Phi) is 14.6. The number of hydrogen-bond donors (Lipinski definition) is 6. The molecule has 312 valence electrons. The molecule has 2 atom stereocenters. The van der Waals surface area contributed by atoms with Gasteiger partial charge in [-0.3, -0.25) is 33.9 Å². The molecule has 0 bridgehead atoms. The van der Waals surface area contributed by atoms with E-state index in [1.165, 1.54) is 4.68 Å². The fourth-order valence-corrected chi connectivity index (χ4v) is 7.61. The van der Waals surface area contributed by atoms with Crippen LogP contribution < -0.4 is 27.2 Å². The van der Waals surface area contributed by atoms with Crippen molar-refractivity contribution in [3.8, 4) is 22.4 Å². The third-order valence-electron chi connectivity index (χ3n) is 9.86. The fourth-order valence-electron chi connectivity index (χ4n) is 6.61. The van der Waals surface area contributed by atoms with Crippen LogP contribution in [0.1, 0.15) is 43.2 Å². The van der Waals surface area contributed by atoms with Crippen LogP contribution in [0.25, 0.3) is 33.3 Å². The van der Waals surface area contributed by atoms with Gasteiger partial charge in [0.25, 0.3) is 5.56 Å². The Morgan fingerprint density at radius 1 is 0.833 bits per heavy atom. The van der Waals surface area contributed by atoms with E-state index in [2.05, 4.69) is 25.9 Å². The maximum atomic E-state index is 14.0. The summed E-state index contributed by atoms with van der Waals surface area (Å²) >= 11 is 0.749. The molecule has 0 spiro atoms. The van der Waals surface area contributed by atoms with Gasteiger partial charge < -0.3 is 36.8 Å². The maximum absolute atomic E-state index is 14.0. The number of nitrogens with two attached hydrogens (primary N) is 1. The number of benzene rings is 2. The van der Waals surface area contributed by atoms with Crippen LogP contribution in [0.3, 0.4) is 0 Å². The van der Waals surface area contributed by atoms with Gasteiger partial charge >= 0.3 is 18.0 Å². The second-order valence-electron chi connectivity index (χ2n) is 14.2. The number of aromatic nitrogens is 4. The van der Waals surface area contributed by atoms with Gasteiger partial charge in [-0.25, -0.2) is 9.48 Å². The summed E-state index contributed by atoms with van der Waals surface area (Å²) in [5.74, 6) is -3.85. The lowest BCUT2D eigenvalue weighted by molar-refractivity contribution is -0.139. The van der Waals surface area contributed by atoms with Crippen molar-refractivity contribution in [1.29, 1.82) is 0 Å². The molecule has 4 heterocycles. The Balaban J connectivity index is 1.03. The number of nitrogens with one attached hydrogen (secondary N) is 3. The van der Waals surface area contributed by atoms with Crippen LogP contribution >= 0.6 is 11.8 Å². The summed E-state index contributed by atoms with van der Waals surface area (Å²) in [6.07, 6.45) is 7.53. The van der Waals surface area contributed by atoms with Crippen LogP contribution in [0.5, 0.6) is 0 Å². The number of aryl methyl sites for hydroxylation is 1. The molecule has 1 aliphatic rings. The lowest BCUT2D eigenvalue weighted by atomic mass is 10.00. The summed E-state index contributed by atoms with van der Waals surface area (Å²) in [6.45, 7) is 1.35. The lowest BCUT2D eigenvalue weighted by Gasteiger charge is -2.17. The van der Waals surface area contributed by atoms with Crippen LogP contribution in [0.2, 0.25) is 0 Å². The highest BCUT2D eigenvalue weighted by molar-refractivity contribution is 8.00. The lowest BCUT2D eigenvalue weighted by Crippen LogP contribution is -2.39. The Morgan fingerprint density at radius 2 is 1.62 bits per heavy atom. The van der Waals surface area contributed by atoms with Crippen molar-refractivity contribution in [2.45, 2.75) is 63.0 Å². The minimum Gasteiger partial charge on any atom is -0.480 e. The highest BCUT2D eigenvalue weighted by Gasteiger charge is 2.25. The number of carboxylic acids is 2. The van der Waals surface area contributed by atoms with Crippen LogP contribution in [-0.2, 0) is 38.8 Å². The van der Waals surface area contributed by atoms with E-state index in [-0.39, 0.29) is 23.9 Å². The van der Waals surface area contributed by atoms with Crippen LogP contribution in [0, 0.1) is 0 Å². The molecule has 0 saturated heterocycles. The number of carbonyl (C=O) groups is 5. The summed E-state index contributed by atoms with van der Waals surface area (Å²) in [5, 5.41) is 30.7. The van der Waals surface area contributed by atoms with Crippen molar-refractivity contribution < 1.29 is 34.2 Å². The monoisotopic (exact) mass is 835 g/mol. The molecule has 6 rings (SSSR count). The van der Waals surface area contributed by atoms with Gasteiger partial charge in [-0.05, 0) is 65.9 Å². The summed E-state index contributed by atoms with van der Waals surface area (Å²) < 4.78 is 1.48. The number of urea groups is 1. The number of carboxylic acid groups (broad SMARTS) is 2. The van der Waals surface area contributed by atoms with Crippen LogP contribution in [0.15, 0.2) is 90.1 Å². The second-order valence-corrected chi connectivity index (χ2v) is 15.4. The molecule has 5 aromatic rings. The average Bonchev–Trinajstić information content (AvgIpc) is 3.69. The number of anilines is 1. The number of carbonyl (C=O) groups excluding carboxylic acids is 3. The Labute approximate surface area is 348 Å². The minimum atomic E-state index is -1.29.